The Balaban J connectivity index is 2.71. The molecule has 0 bridgehead atoms. The Morgan fingerprint density at radius 1 is 1.33 bits per heavy atom. The summed E-state index contributed by atoms with van der Waals surface area (Å²) in [6, 6.07) is 9.58. The molecule has 2 nitrogen and oxygen atoms in total. The van der Waals surface area contributed by atoms with Crippen LogP contribution in [0.4, 0.5) is 0 Å². The highest BCUT2D eigenvalue weighted by molar-refractivity contribution is 9.09. The summed E-state index contributed by atoms with van der Waals surface area (Å²) in [6.07, 6.45) is 0. The fourth-order valence-corrected chi connectivity index (χ4v) is 1.45. The number of alkyl halides is 1. The first-order valence-corrected chi connectivity index (χ1v) is 4.72. The number of aliphatic hydroxyl groups excluding tert-OH is 1. The van der Waals surface area contributed by atoms with Crippen LogP contribution in [-0.4, -0.2) is 17.8 Å². The number of hydrogen-bond acceptors (Lipinski definition) is 2. The minimum atomic E-state index is -0.243. The quantitative estimate of drug-likeness (QED) is 0.772. The van der Waals surface area contributed by atoms with Gasteiger partial charge < -0.3 is 10.8 Å². The molecular weight excluding hydrogens is 218 g/mol. The molecule has 0 spiro atoms. The Kier molecular flexibility index (Phi) is 3.72. The van der Waals surface area contributed by atoms with E-state index in [1.807, 2.05) is 30.3 Å². The van der Waals surface area contributed by atoms with Crippen molar-refractivity contribution in [1.29, 1.82) is 0 Å². The lowest BCUT2D eigenvalue weighted by Gasteiger charge is -2.15. The van der Waals surface area contributed by atoms with E-state index in [0.717, 1.165) is 5.56 Å². The molecule has 0 aliphatic carbocycles. The van der Waals surface area contributed by atoms with E-state index >= 15 is 0 Å². The molecule has 1 aromatic carbocycles. The van der Waals surface area contributed by atoms with Crippen molar-refractivity contribution in [2.75, 3.05) is 6.61 Å². The monoisotopic (exact) mass is 229 g/mol. The Hall–Kier alpha value is -0.380. The Bertz CT molecular complexity index is 227. The molecule has 0 amide bonds. The van der Waals surface area contributed by atoms with Crippen molar-refractivity contribution in [3.8, 4) is 0 Å². The average molecular weight is 230 g/mol. The van der Waals surface area contributed by atoms with E-state index in [0.29, 0.717) is 0 Å². The van der Waals surface area contributed by atoms with Crippen LogP contribution in [0.25, 0.3) is 0 Å². The molecule has 2 atom stereocenters. The van der Waals surface area contributed by atoms with E-state index in [1.165, 1.54) is 0 Å². The second-order valence-corrected chi connectivity index (χ2v) is 3.65. The minimum Gasteiger partial charge on any atom is -0.395 e. The van der Waals surface area contributed by atoms with E-state index in [9.17, 15) is 0 Å². The predicted molar refractivity (Wildman–Crippen MR) is 53.2 cm³/mol. The van der Waals surface area contributed by atoms with Gasteiger partial charge in [0.2, 0.25) is 0 Å². The minimum absolute atomic E-state index is 0.00912. The van der Waals surface area contributed by atoms with Crippen molar-refractivity contribution in [2.45, 2.75) is 10.9 Å². The zero-order chi connectivity index (χ0) is 8.97. The van der Waals surface area contributed by atoms with E-state index in [1.54, 1.807) is 0 Å². The van der Waals surface area contributed by atoms with E-state index in [4.69, 9.17) is 10.8 Å². The molecule has 0 aliphatic rings. The van der Waals surface area contributed by atoms with Crippen LogP contribution >= 0.6 is 15.9 Å². The topological polar surface area (TPSA) is 46.2 Å². The number of nitrogens with two attached hydrogens (primary N) is 1. The molecule has 0 heterocycles. The fourth-order valence-electron chi connectivity index (χ4n) is 0.977. The highest BCUT2D eigenvalue weighted by Gasteiger charge is 2.14. The van der Waals surface area contributed by atoms with Gasteiger partial charge in [-0.25, -0.2) is 0 Å². The van der Waals surface area contributed by atoms with Crippen LogP contribution in [0.1, 0.15) is 10.4 Å². The number of aliphatic hydroxyl groups is 1. The standard InChI is InChI=1S/C9H12BrNO/c10-9(8(11)6-12)7-4-2-1-3-5-7/h1-5,8-9,12H,6,11H2/t8-,9+/m1/s1. The number of rotatable bonds is 3. The molecule has 0 aliphatic heterocycles. The van der Waals surface area contributed by atoms with Crippen molar-refractivity contribution in [1.82, 2.24) is 0 Å². The van der Waals surface area contributed by atoms with Gasteiger partial charge in [-0.3, -0.25) is 0 Å². The van der Waals surface area contributed by atoms with Gasteiger partial charge in [0.1, 0.15) is 0 Å². The zero-order valence-electron chi connectivity index (χ0n) is 6.65. The van der Waals surface area contributed by atoms with Crippen LogP contribution in [-0.2, 0) is 0 Å². The molecular formula is C9H12BrNO. The molecule has 0 radical (unpaired) electrons. The third-order valence-corrected chi connectivity index (χ3v) is 2.91. The van der Waals surface area contributed by atoms with E-state index < -0.39 is 0 Å². The molecule has 3 N–H and O–H groups in total. The molecule has 1 aromatic rings. The Labute approximate surface area is 80.5 Å². The lowest BCUT2D eigenvalue weighted by molar-refractivity contribution is 0.264. The van der Waals surface area contributed by atoms with Gasteiger partial charge in [0.15, 0.2) is 0 Å². The molecule has 0 aromatic heterocycles. The van der Waals surface area contributed by atoms with Gasteiger partial charge in [0.25, 0.3) is 0 Å². The summed E-state index contributed by atoms with van der Waals surface area (Å²) in [4.78, 5) is 0.0312. The first kappa shape index (κ1) is 9.71. The first-order chi connectivity index (χ1) is 5.75. The molecule has 66 valence electrons. The zero-order valence-corrected chi connectivity index (χ0v) is 8.24. The van der Waals surface area contributed by atoms with Gasteiger partial charge in [-0.05, 0) is 5.56 Å². The molecule has 0 saturated carbocycles. The van der Waals surface area contributed by atoms with E-state index in [-0.39, 0.29) is 17.5 Å². The third-order valence-electron chi connectivity index (χ3n) is 1.70. The van der Waals surface area contributed by atoms with Crippen LogP contribution in [0, 0.1) is 0 Å². The summed E-state index contributed by atoms with van der Waals surface area (Å²) >= 11 is 3.43. The van der Waals surface area contributed by atoms with Gasteiger partial charge in [0, 0.05) is 6.04 Å². The summed E-state index contributed by atoms with van der Waals surface area (Å²) in [7, 11) is 0. The fraction of sp³-hybridized carbons (Fsp3) is 0.333. The van der Waals surface area contributed by atoms with Crippen molar-refractivity contribution in [3.63, 3.8) is 0 Å². The molecule has 3 heteroatoms. The molecule has 0 unspecified atom stereocenters. The van der Waals surface area contributed by atoms with Crippen LogP contribution in [0.15, 0.2) is 30.3 Å². The maximum absolute atomic E-state index is 8.81. The number of hydrogen-bond donors (Lipinski definition) is 2. The lowest BCUT2D eigenvalue weighted by atomic mass is 10.1. The van der Waals surface area contributed by atoms with Crippen LogP contribution in [0.5, 0.6) is 0 Å². The second-order valence-electron chi connectivity index (χ2n) is 2.66. The third kappa shape index (κ3) is 2.30. The summed E-state index contributed by atoms with van der Waals surface area (Å²) in [5.74, 6) is 0. The van der Waals surface area contributed by atoms with Crippen LogP contribution in [0.2, 0.25) is 0 Å². The molecule has 1 rings (SSSR count). The van der Waals surface area contributed by atoms with E-state index in [2.05, 4.69) is 15.9 Å². The van der Waals surface area contributed by atoms with Crippen LogP contribution in [0.3, 0.4) is 0 Å². The van der Waals surface area contributed by atoms with Crippen LogP contribution < -0.4 is 5.73 Å². The maximum Gasteiger partial charge on any atom is 0.0596 e. The highest BCUT2D eigenvalue weighted by Crippen LogP contribution is 2.24. The summed E-state index contributed by atoms with van der Waals surface area (Å²) in [6.45, 7) is -0.00912. The SMILES string of the molecule is N[C@H](CO)[C@@H](Br)c1ccccc1. The van der Waals surface area contributed by atoms with Crippen molar-refractivity contribution in [3.05, 3.63) is 35.9 Å². The van der Waals surface area contributed by atoms with Crippen molar-refractivity contribution >= 4 is 15.9 Å². The van der Waals surface area contributed by atoms with Gasteiger partial charge in [0.05, 0.1) is 11.4 Å². The predicted octanol–water partition coefficient (Wildman–Crippen LogP) is 1.44. The molecule has 0 fully saturated rings. The average Bonchev–Trinajstić information content (AvgIpc) is 2.17. The summed E-state index contributed by atoms with van der Waals surface area (Å²) in [5.41, 5.74) is 6.75. The van der Waals surface area contributed by atoms with Gasteiger partial charge >= 0.3 is 0 Å². The maximum atomic E-state index is 8.81. The lowest BCUT2D eigenvalue weighted by Crippen LogP contribution is -2.28. The number of benzene rings is 1. The van der Waals surface area contributed by atoms with Crippen molar-refractivity contribution in [2.24, 2.45) is 5.73 Å². The summed E-state index contributed by atoms with van der Waals surface area (Å²) in [5, 5.41) is 8.81. The highest BCUT2D eigenvalue weighted by atomic mass is 79.9. The normalized spacial score (nSPS) is 15.6. The first-order valence-electron chi connectivity index (χ1n) is 3.81. The van der Waals surface area contributed by atoms with Crippen molar-refractivity contribution < 1.29 is 5.11 Å². The number of halogens is 1. The molecule has 12 heavy (non-hydrogen) atoms. The Morgan fingerprint density at radius 3 is 2.42 bits per heavy atom. The largest absolute Gasteiger partial charge is 0.395 e. The summed E-state index contributed by atoms with van der Waals surface area (Å²) < 4.78 is 0. The van der Waals surface area contributed by atoms with Gasteiger partial charge in [-0.2, -0.15) is 0 Å². The Morgan fingerprint density at radius 2 is 1.92 bits per heavy atom. The smallest absolute Gasteiger partial charge is 0.0596 e. The molecule has 0 saturated heterocycles. The second kappa shape index (κ2) is 4.60. The van der Waals surface area contributed by atoms with Gasteiger partial charge in [-0.15, -0.1) is 0 Å². The van der Waals surface area contributed by atoms with Gasteiger partial charge in [-0.1, -0.05) is 46.3 Å².